The van der Waals surface area contributed by atoms with Gasteiger partial charge in [-0.05, 0) is 25.4 Å². The summed E-state index contributed by atoms with van der Waals surface area (Å²) in [6.45, 7) is 3.40. The molecule has 1 saturated heterocycles. The number of benzene rings is 1. The normalized spacial score (nSPS) is 23.8. The predicted molar refractivity (Wildman–Crippen MR) is 87.9 cm³/mol. The quantitative estimate of drug-likeness (QED) is 0.717. The van der Waals surface area contributed by atoms with E-state index in [9.17, 15) is 13.2 Å². The molecule has 2 aliphatic heterocycles. The molecule has 2 unspecified atom stereocenters. The molecule has 2 atom stereocenters. The molecule has 0 radical (unpaired) electrons. The molecular formula is C15H21N3O5S. The molecule has 1 aromatic rings. The van der Waals surface area contributed by atoms with Crippen molar-refractivity contribution in [2.45, 2.75) is 24.3 Å². The Kier molecular flexibility index (Phi) is 4.66. The number of carbonyl (C=O) groups excluding carboxylic acids is 1. The van der Waals surface area contributed by atoms with Gasteiger partial charge in [0.2, 0.25) is 10.0 Å². The van der Waals surface area contributed by atoms with Gasteiger partial charge in [0.05, 0.1) is 12.8 Å². The van der Waals surface area contributed by atoms with Gasteiger partial charge in [-0.15, -0.1) is 0 Å². The summed E-state index contributed by atoms with van der Waals surface area (Å²) in [5.41, 5.74) is 0.400. The number of fused-ring (bicyclic) bond motifs is 1. The molecule has 9 heteroatoms. The number of methoxy groups -OCH3 is 1. The van der Waals surface area contributed by atoms with Gasteiger partial charge in [-0.2, -0.15) is 0 Å². The van der Waals surface area contributed by atoms with E-state index in [2.05, 4.69) is 15.4 Å². The van der Waals surface area contributed by atoms with E-state index in [1.54, 1.807) is 0 Å². The van der Waals surface area contributed by atoms with Crippen molar-refractivity contribution in [3.05, 3.63) is 12.1 Å². The molecule has 1 fully saturated rings. The zero-order chi connectivity index (χ0) is 17.3. The van der Waals surface area contributed by atoms with Crippen molar-refractivity contribution >= 4 is 21.6 Å². The summed E-state index contributed by atoms with van der Waals surface area (Å²) in [5, 5.41) is 5.87. The molecule has 2 heterocycles. The first-order chi connectivity index (χ1) is 11.4. The van der Waals surface area contributed by atoms with Gasteiger partial charge in [0.25, 0.3) is 5.91 Å². The number of sulfonamides is 1. The molecular weight excluding hydrogens is 334 g/mol. The summed E-state index contributed by atoms with van der Waals surface area (Å²) in [5.74, 6) is 0.372. The number of nitrogens with one attached hydrogen (secondary N) is 3. The fourth-order valence-electron chi connectivity index (χ4n) is 2.91. The highest BCUT2D eigenvalue weighted by atomic mass is 32.2. The SMILES string of the molecule is COc1cc2c(cc1S(=O)(=O)NC1CCNCC1C)OCC(=O)N2. The summed E-state index contributed by atoms with van der Waals surface area (Å²) in [4.78, 5) is 11.4. The highest BCUT2D eigenvalue weighted by molar-refractivity contribution is 7.89. The summed E-state index contributed by atoms with van der Waals surface area (Å²) in [6.07, 6.45) is 0.722. The highest BCUT2D eigenvalue weighted by Crippen LogP contribution is 2.37. The first-order valence-electron chi connectivity index (χ1n) is 7.78. The Labute approximate surface area is 141 Å². The maximum atomic E-state index is 12.8. The standard InChI is InChI=1S/C15H21N3O5S/c1-9-7-16-4-3-10(9)18-24(20,21)14-6-12-11(5-13(14)22-2)17-15(19)8-23-12/h5-6,9-10,16,18H,3-4,7-8H2,1-2H3,(H,17,19). The van der Waals surface area contributed by atoms with Gasteiger partial charge in [0, 0.05) is 18.2 Å². The van der Waals surface area contributed by atoms with E-state index in [4.69, 9.17) is 9.47 Å². The Morgan fingerprint density at radius 3 is 2.88 bits per heavy atom. The zero-order valence-corrected chi connectivity index (χ0v) is 14.4. The van der Waals surface area contributed by atoms with Crippen molar-refractivity contribution in [1.82, 2.24) is 10.0 Å². The molecule has 3 N–H and O–H groups in total. The summed E-state index contributed by atoms with van der Waals surface area (Å²) < 4.78 is 38.9. The number of piperidine rings is 1. The van der Waals surface area contributed by atoms with Crippen LogP contribution in [0.1, 0.15) is 13.3 Å². The fourth-order valence-corrected chi connectivity index (χ4v) is 4.45. The van der Waals surface area contributed by atoms with Gasteiger partial charge >= 0.3 is 0 Å². The Morgan fingerprint density at radius 2 is 2.17 bits per heavy atom. The van der Waals surface area contributed by atoms with E-state index in [0.29, 0.717) is 11.4 Å². The van der Waals surface area contributed by atoms with Crippen molar-refractivity contribution in [1.29, 1.82) is 0 Å². The number of rotatable bonds is 4. The Balaban J connectivity index is 1.93. The van der Waals surface area contributed by atoms with Crippen LogP contribution in [0.2, 0.25) is 0 Å². The smallest absolute Gasteiger partial charge is 0.262 e. The largest absolute Gasteiger partial charge is 0.495 e. The van der Waals surface area contributed by atoms with Crippen molar-refractivity contribution in [3.8, 4) is 11.5 Å². The lowest BCUT2D eigenvalue weighted by Gasteiger charge is -2.30. The Bertz CT molecular complexity index is 750. The molecule has 0 aromatic heterocycles. The minimum atomic E-state index is -3.78. The van der Waals surface area contributed by atoms with Crippen LogP contribution in [-0.2, 0) is 14.8 Å². The number of hydrogen-bond acceptors (Lipinski definition) is 6. The molecule has 3 rings (SSSR count). The van der Waals surface area contributed by atoms with Crippen molar-refractivity contribution < 1.29 is 22.7 Å². The average molecular weight is 355 g/mol. The van der Waals surface area contributed by atoms with Crippen LogP contribution < -0.4 is 24.8 Å². The van der Waals surface area contributed by atoms with Crippen LogP contribution in [-0.4, -0.2) is 47.2 Å². The van der Waals surface area contributed by atoms with Gasteiger partial charge in [0.1, 0.15) is 16.4 Å². The minimum Gasteiger partial charge on any atom is -0.495 e. The molecule has 1 amide bonds. The molecule has 1 aromatic carbocycles. The monoisotopic (exact) mass is 355 g/mol. The third-order valence-corrected chi connectivity index (χ3v) is 5.79. The third-order valence-electron chi connectivity index (χ3n) is 4.28. The van der Waals surface area contributed by atoms with Crippen LogP contribution in [0.3, 0.4) is 0 Å². The van der Waals surface area contributed by atoms with E-state index in [0.717, 1.165) is 19.5 Å². The maximum Gasteiger partial charge on any atom is 0.262 e. The second-order valence-corrected chi connectivity index (χ2v) is 7.72. The van der Waals surface area contributed by atoms with E-state index < -0.39 is 10.0 Å². The van der Waals surface area contributed by atoms with Gasteiger partial charge in [0.15, 0.2) is 6.61 Å². The summed E-state index contributed by atoms with van der Waals surface area (Å²) in [7, 11) is -2.39. The molecule has 8 nitrogen and oxygen atoms in total. The lowest BCUT2D eigenvalue weighted by atomic mass is 9.97. The zero-order valence-electron chi connectivity index (χ0n) is 13.6. The van der Waals surface area contributed by atoms with E-state index in [1.165, 1.54) is 19.2 Å². The topological polar surface area (TPSA) is 106 Å². The van der Waals surface area contributed by atoms with Crippen LogP contribution in [0.5, 0.6) is 11.5 Å². The van der Waals surface area contributed by atoms with Crippen LogP contribution in [0.25, 0.3) is 0 Å². The molecule has 0 aliphatic carbocycles. The summed E-state index contributed by atoms with van der Waals surface area (Å²) in [6, 6.07) is 2.71. The lowest BCUT2D eigenvalue weighted by Crippen LogP contribution is -2.48. The first kappa shape index (κ1) is 17.0. The van der Waals surface area contributed by atoms with Crippen molar-refractivity contribution in [2.75, 3.05) is 32.1 Å². The molecule has 0 spiro atoms. The Hall–Kier alpha value is -1.84. The van der Waals surface area contributed by atoms with Gasteiger partial charge in [-0.1, -0.05) is 6.92 Å². The Morgan fingerprint density at radius 1 is 1.38 bits per heavy atom. The second-order valence-electron chi connectivity index (χ2n) is 6.03. The number of hydrogen-bond donors (Lipinski definition) is 3. The van der Waals surface area contributed by atoms with Crippen LogP contribution >= 0.6 is 0 Å². The number of anilines is 1. The lowest BCUT2D eigenvalue weighted by molar-refractivity contribution is -0.118. The number of amides is 1. The third kappa shape index (κ3) is 3.33. The first-order valence-corrected chi connectivity index (χ1v) is 9.27. The van der Waals surface area contributed by atoms with Crippen LogP contribution in [0, 0.1) is 5.92 Å². The van der Waals surface area contributed by atoms with Crippen molar-refractivity contribution in [3.63, 3.8) is 0 Å². The average Bonchev–Trinajstić information content (AvgIpc) is 2.55. The molecule has 0 saturated carbocycles. The fraction of sp³-hybridized carbons (Fsp3) is 0.533. The summed E-state index contributed by atoms with van der Waals surface area (Å²) >= 11 is 0. The van der Waals surface area contributed by atoms with Gasteiger partial charge < -0.3 is 20.1 Å². The molecule has 2 aliphatic rings. The van der Waals surface area contributed by atoms with Crippen LogP contribution in [0.15, 0.2) is 17.0 Å². The maximum absolute atomic E-state index is 12.8. The number of ether oxygens (including phenoxy) is 2. The highest BCUT2D eigenvalue weighted by Gasteiger charge is 2.30. The van der Waals surface area contributed by atoms with Gasteiger partial charge in [-0.3, -0.25) is 4.79 Å². The van der Waals surface area contributed by atoms with Crippen LogP contribution in [0.4, 0.5) is 5.69 Å². The van der Waals surface area contributed by atoms with E-state index in [-0.39, 0.29) is 35.1 Å². The minimum absolute atomic E-state index is 0.00521. The molecule has 24 heavy (non-hydrogen) atoms. The molecule has 132 valence electrons. The van der Waals surface area contributed by atoms with Crippen molar-refractivity contribution in [2.24, 2.45) is 5.92 Å². The van der Waals surface area contributed by atoms with E-state index in [1.807, 2.05) is 6.92 Å². The molecule has 0 bridgehead atoms. The number of carbonyl (C=O) groups is 1. The second kappa shape index (κ2) is 6.58. The predicted octanol–water partition coefficient (Wildman–Crippen LogP) is 0.302. The van der Waals surface area contributed by atoms with Gasteiger partial charge in [-0.25, -0.2) is 13.1 Å². The van der Waals surface area contributed by atoms with E-state index >= 15 is 0 Å².